The molecule has 1 aliphatic rings. The normalized spacial score (nSPS) is 14.7. The zero-order valence-electron chi connectivity index (χ0n) is 12.7. The molecule has 6 heteroatoms. The molecule has 3 rings (SSSR count). The van der Waals surface area contributed by atoms with Crippen molar-refractivity contribution >= 4 is 11.8 Å². The highest BCUT2D eigenvalue weighted by Gasteiger charge is 2.13. The van der Waals surface area contributed by atoms with Crippen LogP contribution in [-0.2, 0) is 11.3 Å². The molecule has 0 aliphatic carbocycles. The Balaban J connectivity index is 1.67. The van der Waals surface area contributed by atoms with Crippen LogP contribution < -0.4 is 15.0 Å². The van der Waals surface area contributed by atoms with Gasteiger partial charge in [0.25, 0.3) is 0 Å². The molecule has 1 saturated heterocycles. The number of nitrogens with one attached hydrogen (secondary N) is 1. The van der Waals surface area contributed by atoms with E-state index in [1.54, 1.807) is 13.3 Å². The molecule has 0 unspecified atom stereocenters. The summed E-state index contributed by atoms with van der Waals surface area (Å²) in [6, 6.07) is 9.85. The zero-order valence-corrected chi connectivity index (χ0v) is 12.7. The van der Waals surface area contributed by atoms with E-state index in [0.29, 0.717) is 12.5 Å². The van der Waals surface area contributed by atoms with Crippen LogP contribution in [-0.4, -0.2) is 43.4 Å². The Kier molecular flexibility index (Phi) is 4.70. The van der Waals surface area contributed by atoms with E-state index in [9.17, 15) is 0 Å². The fourth-order valence-corrected chi connectivity index (χ4v) is 2.43. The van der Waals surface area contributed by atoms with Crippen LogP contribution in [0.5, 0.6) is 5.75 Å². The molecule has 2 aromatic rings. The van der Waals surface area contributed by atoms with E-state index in [4.69, 9.17) is 9.47 Å². The maximum Gasteiger partial charge on any atom is 0.224 e. The molecule has 1 aromatic carbocycles. The number of hydrogen-bond donors (Lipinski definition) is 1. The number of methoxy groups -OCH3 is 1. The van der Waals surface area contributed by atoms with Crippen molar-refractivity contribution < 1.29 is 9.47 Å². The van der Waals surface area contributed by atoms with E-state index < -0.39 is 0 Å². The van der Waals surface area contributed by atoms with Gasteiger partial charge in [-0.1, -0.05) is 18.2 Å². The average molecular weight is 300 g/mol. The van der Waals surface area contributed by atoms with Gasteiger partial charge in [0, 0.05) is 31.4 Å². The fourth-order valence-electron chi connectivity index (χ4n) is 2.43. The second-order valence-corrected chi connectivity index (χ2v) is 5.00. The predicted octanol–water partition coefficient (Wildman–Crippen LogP) is 1.93. The number of ether oxygens (including phenoxy) is 2. The topological polar surface area (TPSA) is 59.5 Å². The van der Waals surface area contributed by atoms with Crippen LogP contribution in [0.4, 0.5) is 11.8 Å². The van der Waals surface area contributed by atoms with Crippen LogP contribution >= 0.6 is 0 Å². The Morgan fingerprint density at radius 1 is 1.23 bits per heavy atom. The summed E-state index contributed by atoms with van der Waals surface area (Å²) in [7, 11) is 1.67. The molecule has 0 saturated carbocycles. The highest BCUT2D eigenvalue weighted by atomic mass is 16.5. The third-order valence-corrected chi connectivity index (χ3v) is 3.61. The first-order valence-electron chi connectivity index (χ1n) is 7.38. The fraction of sp³-hybridized carbons (Fsp3) is 0.375. The Bertz CT molecular complexity index is 615. The lowest BCUT2D eigenvalue weighted by molar-refractivity contribution is 0.122. The molecule has 0 radical (unpaired) electrons. The van der Waals surface area contributed by atoms with E-state index in [-0.39, 0.29) is 0 Å². The number of hydrogen-bond acceptors (Lipinski definition) is 6. The van der Waals surface area contributed by atoms with Crippen molar-refractivity contribution in [1.29, 1.82) is 0 Å². The minimum absolute atomic E-state index is 0.620. The van der Waals surface area contributed by atoms with Gasteiger partial charge in [0.1, 0.15) is 11.6 Å². The maximum atomic E-state index is 5.37. The van der Waals surface area contributed by atoms with Crippen molar-refractivity contribution in [1.82, 2.24) is 9.97 Å². The molecule has 0 spiro atoms. The number of para-hydroxylation sites is 1. The largest absolute Gasteiger partial charge is 0.496 e. The van der Waals surface area contributed by atoms with Gasteiger partial charge in [0.2, 0.25) is 5.95 Å². The minimum Gasteiger partial charge on any atom is -0.496 e. The molecular weight excluding hydrogens is 280 g/mol. The van der Waals surface area contributed by atoms with Crippen molar-refractivity contribution in [3.8, 4) is 5.75 Å². The standard InChI is InChI=1S/C16H20N4O2/c1-21-14-5-3-2-4-13(14)12-18-16-17-7-6-15(19-16)20-8-10-22-11-9-20/h2-7H,8-12H2,1H3,(H,17,18,19). The van der Waals surface area contributed by atoms with Gasteiger partial charge in [0.15, 0.2) is 0 Å². The molecule has 0 bridgehead atoms. The Morgan fingerprint density at radius 3 is 2.86 bits per heavy atom. The monoisotopic (exact) mass is 300 g/mol. The van der Waals surface area contributed by atoms with Crippen molar-refractivity contribution in [3.05, 3.63) is 42.1 Å². The number of morpholine rings is 1. The van der Waals surface area contributed by atoms with Gasteiger partial charge in [-0.05, 0) is 12.1 Å². The van der Waals surface area contributed by atoms with E-state index in [1.807, 2.05) is 30.3 Å². The molecule has 1 aromatic heterocycles. The zero-order chi connectivity index (χ0) is 15.2. The van der Waals surface area contributed by atoms with Gasteiger partial charge >= 0.3 is 0 Å². The quantitative estimate of drug-likeness (QED) is 0.910. The summed E-state index contributed by atoms with van der Waals surface area (Å²) in [5.41, 5.74) is 1.07. The molecule has 0 amide bonds. The third kappa shape index (κ3) is 3.46. The summed E-state index contributed by atoms with van der Waals surface area (Å²) < 4.78 is 10.7. The summed E-state index contributed by atoms with van der Waals surface area (Å²) in [6.45, 7) is 3.84. The van der Waals surface area contributed by atoms with Crippen LogP contribution in [0.25, 0.3) is 0 Å². The highest BCUT2D eigenvalue weighted by Crippen LogP contribution is 2.19. The lowest BCUT2D eigenvalue weighted by Gasteiger charge is -2.27. The number of anilines is 2. The lowest BCUT2D eigenvalue weighted by atomic mass is 10.2. The summed E-state index contributed by atoms with van der Waals surface area (Å²) >= 11 is 0. The highest BCUT2D eigenvalue weighted by molar-refractivity contribution is 5.44. The van der Waals surface area contributed by atoms with Crippen molar-refractivity contribution in [2.24, 2.45) is 0 Å². The summed E-state index contributed by atoms with van der Waals surface area (Å²) in [6.07, 6.45) is 1.78. The smallest absolute Gasteiger partial charge is 0.224 e. The second-order valence-electron chi connectivity index (χ2n) is 5.00. The van der Waals surface area contributed by atoms with Crippen molar-refractivity contribution in [2.75, 3.05) is 43.6 Å². The van der Waals surface area contributed by atoms with Gasteiger partial charge in [0.05, 0.1) is 20.3 Å². The first-order valence-corrected chi connectivity index (χ1v) is 7.38. The molecule has 116 valence electrons. The first-order chi connectivity index (χ1) is 10.9. The number of aromatic nitrogens is 2. The maximum absolute atomic E-state index is 5.37. The van der Waals surface area contributed by atoms with Crippen molar-refractivity contribution in [3.63, 3.8) is 0 Å². The molecule has 1 N–H and O–H groups in total. The van der Waals surface area contributed by atoms with Gasteiger partial charge in [-0.2, -0.15) is 4.98 Å². The summed E-state index contributed by atoms with van der Waals surface area (Å²) in [4.78, 5) is 11.1. The Labute approximate surface area is 130 Å². The number of benzene rings is 1. The Morgan fingerprint density at radius 2 is 2.05 bits per heavy atom. The lowest BCUT2D eigenvalue weighted by Crippen LogP contribution is -2.36. The van der Waals surface area contributed by atoms with Crippen LogP contribution in [0.3, 0.4) is 0 Å². The van der Waals surface area contributed by atoms with E-state index >= 15 is 0 Å². The molecule has 22 heavy (non-hydrogen) atoms. The molecule has 1 aliphatic heterocycles. The molecular formula is C16H20N4O2. The second kappa shape index (κ2) is 7.09. The first kappa shape index (κ1) is 14.6. The SMILES string of the molecule is COc1ccccc1CNc1nccc(N2CCOCC2)n1. The van der Waals surface area contributed by atoms with E-state index in [1.165, 1.54) is 0 Å². The van der Waals surface area contributed by atoms with Crippen molar-refractivity contribution in [2.45, 2.75) is 6.54 Å². The van der Waals surface area contributed by atoms with Gasteiger partial charge in [-0.25, -0.2) is 4.98 Å². The molecule has 0 atom stereocenters. The predicted molar refractivity (Wildman–Crippen MR) is 85.4 cm³/mol. The Hall–Kier alpha value is -2.34. The van der Waals surface area contributed by atoms with Crippen LogP contribution in [0.15, 0.2) is 36.5 Å². The van der Waals surface area contributed by atoms with E-state index in [0.717, 1.165) is 43.4 Å². The van der Waals surface area contributed by atoms with E-state index in [2.05, 4.69) is 20.2 Å². The number of rotatable bonds is 5. The summed E-state index contributed by atoms with van der Waals surface area (Å²) in [5.74, 6) is 2.41. The van der Waals surface area contributed by atoms with Crippen LogP contribution in [0.1, 0.15) is 5.56 Å². The molecule has 6 nitrogen and oxygen atoms in total. The third-order valence-electron chi connectivity index (χ3n) is 3.61. The van der Waals surface area contributed by atoms with Gasteiger partial charge in [-0.3, -0.25) is 0 Å². The van der Waals surface area contributed by atoms with Gasteiger partial charge < -0.3 is 19.7 Å². The van der Waals surface area contributed by atoms with Crippen LogP contribution in [0.2, 0.25) is 0 Å². The van der Waals surface area contributed by atoms with Gasteiger partial charge in [-0.15, -0.1) is 0 Å². The molecule has 1 fully saturated rings. The number of nitrogens with zero attached hydrogens (tertiary/aromatic N) is 3. The minimum atomic E-state index is 0.620. The molecule has 2 heterocycles. The van der Waals surface area contributed by atoms with Crippen LogP contribution in [0, 0.1) is 0 Å². The average Bonchev–Trinajstić information content (AvgIpc) is 2.61. The summed E-state index contributed by atoms with van der Waals surface area (Å²) in [5, 5.41) is 3.26.